The molecule has 4 nitrogen and oxygen atoms in total. The molecule has 0 saturated heterocycles. The van der Waals surface area contributed by atoms with Crippen LogP contribution in [0.2, 0.25) is 0 Å². The number of rotatable bonds is 4. The zero-order valence-corrected chi connectivity index (χ0v) is 12.7. The number of carbonyl (C=O) groups excluding carboxylic acids is 1. The number of hydrogen-bond donors (Lipinski definition) is 1. The van der Waals surface area contributed by atoms with Crippen LogP contribution in [0.5, 0.6) is 0 Å². The molecule has 0 aliphatic heterocycles. The van der Waals surface area contributed by atoms with E-state index >= 15 is 0 Å². The summed E-state index contributed by atoms with van der Waals surface area (Å²) in [4.78, 5) is 13.0. The third-order valence-electron chi connectivity index (χ3n) is 2.82. The van der Waals surface area contributed by atoms with Crippen LogP contribution in [0.3, 0.4) is 0 Å². The van der Waals surface area contributed by atoms with Gasteiger partial charge >= 0.3 is 0 Å². The topological polar surface area (TPSA) is 54.5 Å². The first-order valence-corrected chi connectivity index (χ1v) is 7.40. The van der Waals surface area contributed by atoms with E-state index in [-0.39, 0.29) is 11.8 Å². The van der Waals surface area contributed by atoms with E-state index in [4.69, 9.17) is 11.6 Å². The van der Waals surface area contributed by atoms with Crippen molar-refractivity contribution >= 4 is 40.0 Å². The number of aryl methyl sites for hydroxylation is 2. The number of hydrogen-bond acceptors (Lipinski definition) is 3. The fraction of sp³-hybridized carbons (Fsp3) is 0.308. The molecule has 0 fully saturated rings. The van der Waals surface area contributed by atoms with Crippen LogP contribution in [0.15, 0.2) is 17.5 Å². The van der Waals surface area contributed by atoms with Crippen LogP contribution in [-0.2, 0) is 15.5 Å². The highest BCUT2D eigenvalue weighted by atomic mass is 35.5. The molecule has 0 unspecified atom stereocenters. The summed E-state index contributed by atoms with van der Waals surface area (Å²) in [5, 5.41) is 1.14. The minimum Gasteiger partial charge on any atom is -0.314 e. The molecule has 1 aromatic rings. The lowest BCUT2D eigenvalue weighted by atomic mass is 10.0. The van der Waals surface area contributed by atoms with Crippen molar-refractivity contribution in [1.29, 1.82) is 0 Å². The van der Waals surface area contributed by atoms with Crippen LogP contribution in [0.4, 0.5) is 5.69 Å². The van der Waals surface area contributed by atoms with Crippen LogP contribution >= 0.6 is 11.6 Å². The lowest BCUT2D eigenvalue weighted by molar-refractivity contribution is -0.116. The number of anilines is 1. The largest absolute Gasteiger partial charge is 0.314 e. The van der Waals surface area contributed by atoms with Gasteiger partial charge in [0.1, 0.15) is 5.88 Å². The number of benzene rings is 1. The van der Waals surface area contributed by atoms with E-state index < -0.39 is 10.7 Å². The van der Waals surface area contributed by atoms with Crippen LogP contribution in [-0.4, -0.2) is 27.3 Å². The maximum Gasteiger partial charge on any atom is 0.241 e. The van der Waals surface area contributed by atoms with Gasteiger partial charge in [0.2, 0.25) is 5.91 Å². The van der Waals surface area contributed by atoms with Crippen molar-refractivity contribution in [2.45, 2.75) is 13.8 Å². The van der Waals surface area contributed by atoms with Crippen LogP contribution in [0.1, 0.15) is 16.7 Å². The molecule has 0 aliphatic carbocycles. The number of halogens is 1. The number of nitrogens with zero attached hydrogens (tertiary/aromatic N) is 1. The van der Waals surface area contributed by atoms with Crippen LogP contribution in [0.25, 0.3) is 6.08 Å². The molecule has 0 saturated carbocycles. The Balaban J connectivity index is 3.20. The highest BCUT2D eigenvalue weighted by molar-refractivity contribution is 7.75. The van der Waals surface area contributed by atoms with E-state index in [0.29, 0.717) is 0 Å². The molecule has 0 spiro atoms. The van der Waals surface area contributed by atoms with Gasteiger partial charge in [0.25, 0.3) is 0 Å². The van der Waals surface area contributed by atoms with Crippen molar-refractivity contribution in [3.05, 3.63) is 34.2 Å². The van der Waals surface area contributed by atoms with Gasteiger partial charge in [0.15, 0.2) is 10.7 Å². The van der Waals surface area contributed by atoms with Gasteiger partial charge in [0, 0.05) is 18.1 Å². The first-order chi connectivity index (χ1) is 8.86. The molecule has 104 valence electrons. The summed E-state index contributed by atoms with van der Waals surface area (Å²) in [5.41, 5.74) is 3.38. The Bertz CT molecular complexity index is 563. The SMILES string of the molecule is Cc1cc(N(C)C(=O)CCl)cc(C)c1/C=C/[SH](=O)=O. The summed E-state index contributed by atoms with van der Waals surface area (Å²) < 4.78 is 21.2. The van der Waals surface area contributed by atoms with Crippen LogP contribution in [0, 0.1) is 13.8 Å². The van der Waals surface area contributed by atoms with E-state index in [1.807, 2.05) is 26.0 Å². The van der Waals surface area contributed by atoms with Gasteiger partial charge in [-0.25, -0.2) is 8.42 Å². The maximum absolute atomic E-state index is 11.5. The first kappa shape index (κ1) is 15.7. The number of carbonyl (C=O) groups is 1. The van der Waals surface area contributed by atoms with Crippen molar-refractivity contribution in [3.8, 4) is 0 Å². The van der Waals surface area contributed by atoms with Crippen molar-refractivity contribution < 1.29 is 13.2 Å². The van der Waals surface area contributed by atoms with Gasteiger partial charge in [-0.3, -0.25) is 4.79 Å². The predicted molar refractivity (Wildman–Crippen MR) is 79.4 cm³/mol. The predicted octanol–water partition coefficient (Wildman–Crippen LogP) is 2.09. The minimum atomic E-state index is -2.54. The Kier molecular flexibility index (Phi) is 5.57. The lowest BCUT2D eigenvalue weighted by Gasteiger charge is -2.18. The molecule has 0 bridgehead atoms. The summed E-state index contributed by atoms with van der Waals surface area (Å²) in [6.07, 6.45) is 1.56. The van der Waals surface area contributed by atoms with E-state index in [2.05, 4.69) is 0 Å². The minimum absolute atomic E-state index is 0.0765. The monoisotopic (exact) mass is 301 g/mol. The molecule has 19 heavy (non-hydrogen) atoms. The zero-order chi connectivity index (χ0) is 14.6. The molecule has 0 radical (unpaired) electrons. The van der Waals surface area contributed by atoms with Gasteiger partial charge in [-0.2, -0.15) is 0 Å². The van der Waals surface area contributed by atoms with Crippen molar-refractivity contribution in [1.82, 2.24) is 0 Å². The fourth-order valence-corrected chi connectivity index (χ4v) is 2.23. The Morgan fingerprint density at radius 2 is 1.84 bits per heavy atom. The molecule has 0 atom stereocenters. The third-order valence-corrected chi connectivity index (χ3v) is 3.44. The number of amides is 1. The highest BCUT2D eigenvalue weighted by Crippen LogP contribution is 2.23. The second kappa shape index (κ2) is 6.73. The molecule has 1 aromatic carbocycles. The average molecular weight is 302 g/mol. The molecule has 0 N–H and O–H groups in total. The summed E-state index contributed by atoms with van der Waals surface area (Å²) in [6.45, 7) is 3.74. The second-order valence-electron chi connectivity index (χ2n) is 4.18. The van der Waals surface area contributed by atoms with Gasteiger partial charge < -0.3 is 4.90 Å². The van der Waals surface area contributed by atoms with Gasteiger partial charge in [0.05, 0.1) is 0 Å². The van der Waals surface area contributed by atoms with Gasteiger partial charge in [-0.15, -0.1) is 11.6 Å². The molecule has 1 rings (SSSR count). The molecule has 0 aromatic heterocycles. The molecular weight excluding hydrogens is 286 g/mol. The standard InChI is InChI=1S/C13H16ClNO3S/c1-9-6-11(15(3)13(16)8-14)7-10(2)12(9)4-5-19(17)18/h4-7,19H,8H2,1-3H3/b5-4+. The van der Waals surface area contributed by atoms with Gasteiger partial charge in [-0.05, 0) is 48.7 Å². The number of alkyl halides is 1. The van der Waals surface area contributed by atoms with E-state index in [0.717, 1.165) is 27.8 Å². The zero-order valence-electron chi connectivity index (χ0n) is 11.0. The molecule has 1 amide bonds. The maximum atomic E-state index is 11.5. The Hall–Kier alpha value is -1.33. The molecular formula is C13H16ClNO3S. The Morgan fingerprint density at radius 3 is 2.26 bits per heavy atom. The lowest BCUT2D eigenvalue weighted by Crippen LogP contribution is -2.27. The average Bonchev–Trinajstić information content (AvgIpc) is 2.35. The fourth-order valence-electron chi connectivity index (χ4n) is 1.78. The molecule has 0 aliphatic rings. The Morgan fingerprint density at radius 1 is 1.32 bits per heavy atom. The van der Waals surface area contributed by atoms with E-state index in [1.165, 1.54) is 4.90 Å². The van der Waals surface area contributed by atoms with Crippen LogP contribution < -0.4 is 4.90 Å². The quantitative estimate of drug-likeness (QED) is 0.684. The third kappa shape index (κ3) is 4.08. The van der Waals surface area contributed by atoms with Crippen molar-refractivity contribution in [2.75, 3.05) is 17.8 Å². The molecule has 6 heteroatoms. The summed E-state index contributed by atoms with van der Waals surface area (Å²) in [7, 11) is -0.889. The normalized spacial score (nSPS) is 11.2. The van der Waals surface area contributed by atoms with Crippen molar-refractivity contribution in [3.63, 3.8) is 0 Å². The Labute approximate surface area is 119 Å². The molecule has 0 heterocycles. The van der Waals surface area contributed by atoms with Gasteiger partial charge in [-0.1, -0.05) is 0 Å². The highest BCUT2D eigenvalue weighted by Gasteiger charge is 2.11. The number of thiol groups is 1. The van der Waals surface area contributed by atoms with E-state index in [1.54, 1.807) is 13.1 Å². The van der Waals surface area contributed by atoms with E-state index in [9.17, 15) is 13.2 Å². The summed E-state index contributed by atoms with van der Waals surface area (Å²) >= 11 is 5.52. The first-order valence-electron chi connectivity index (χ1n) is 5.62. The van der Waals surface area contributed by atoms with Crippen molar-refractivity contribution in [2.24, 2.45) is 0 Å². The second-order valence-corrected chi connectivity index (χ2v) is 5.32. The smallest absolute Gasteiger partial charge is 0.241 e. The summed E-state index contributed by atoms with van der Waals surface area (Å²) in [6, 6.07) is 3.66. The summed E-state index contributed by atoms with van der Waals surface area (Å²) in [5.74, 6) is -0.265.